The van der Waals surface area contributed by atoms with Crippen LogP contribution in [0.1, 0.15) is 0 Å². The van der Waals surface area contributed by atoms with Crippen LogP contribution in [-0.2, 0) is 13.0 Å². The van der Waals surface area contributed by atoms with Crippen molar-refractivity contribution in [3.05, 3.63) is 48.8 Å². The van der Waals surface area contributed by atoms with Crippen LogP contribution in [0.2, 0.25) is 0 Å². The molecule has 3 aromatic rings. The molecule has 95 valence electrons. The van der Waals surface area contributed by atoms with E-state index in [0.29, 0.717) is 0 Å². The Bertz CT molecular complexity index is 603. The van der Waals surface area contributed by atoms with E-state index >= 15 is 0 Å². The average Bonchev–Trinajstić information content (AvgIpc) is 2.38. The zero-order chi connectivity index (χ0) is 13.0. The van der Waals surface area contributed by atoms with Crippen molar-refractivity contribution < 1.29 is 13.0 Å². The number of pyridine rings is 2. The van der Waals surface area contributed by atoms with Crippen LogP contribution in [0.25, 0.3) is 21.8 Å². The van der Waals surface area contributed by atoms with Gasteiger partial charge >= 0.3 is 42.1 Å². The van der Waals surface area contributed by atoms with E-state index in [9.17, 15) is 0 Å². The number of fused-ring (bicyclic) bond motifs is 3. The molecule has 0 saturated carbocycles. The summed E-state index contributed by atoms with van der Waals surface area (Å²) in [6.07, 6.45) is 3.62. The first-order valence-corrected chi connectivity index (χ1v) is 11.7. The molecule has 0 aliphatic rings. The number of hydrogen-bond donors (Lipinski definition) is 0. The van der Waals surface area contributed by atoms with Crippen molar-refractivity contribution in [1.82, 2.24) is 9.97 Å². The molecule has 0 radical (unpaired) electrons. The summed E-state index contributed by atoms with van der Waals surface area (Å²) >= 11 is -1.75. The molecule has 0 bridgehead atoms. The summed E-state index contributed by atoms with van der Waals surface area (Å²) in [5.41, 5.74) is 2.02. The quantitative estimate of drug-likeness (QED) is 0.407. The maximum absolute atomic E-state index is 4.95. The van der Waals surface area contributed by atoms with Crippen LogP contribution < -0.4 is 0 Å². The van der Waals surface area contributed by atoms with Gasteiger partial charge in [0.25, 0.3) is 0 Å². The third kappa shape index (κ3) is 3.52. The number of aromatic nitrogens is 2. The minimum absolute atomic E-state index is 0.999. The van der Waals surface area contributed by atoms with Gasteiger partial charge in [0.2, 0.25) is 0 Å². The molecule has 0 N–H and O–H groups in total. The van der Waals surface area contributed by atoms with Crippen LogP contribution in [-0.4, -0.2) is 9.97 Å². The van der Waals surface area contributed by atoms with E-state index in [1.165, 1.54) is 0 Å². The van der Waals surface area contributed by atoms with E-state index in [4.69, 9.17) is 29.1 Å². The average molecular weight is 388 g/mol. The van der Waals surface area contributed by atoms with Crippen LogP contribution in [0.15, 0.2) is 48.8 Å². The number of halogens is 3. The van der Waals surface area contributed by atoms with Gasteiger partial charge in [-0.3, -0.25) is 9.97 Å². The molecular weight excluding hydrogens is 380 g/mol. The predicted octanol–water partition coefficient (Wildman–Crippen LogP) is 4.85. The summed E-state index contributed by atoms with van der Waals surface area (Å²) in [6, 6.07) is 12.1. The topological polar surface area (TPSA) is 25.8 Å². The van der Waals surface area contributed by atoms with Gasteiger partial charge in [0.15, 0.2) is 0 Å². The van der Waals surface area contributed by atoms with Crippen LogP contribution >= 0.6 is 29.1 Å². The Morgan fingerprint density at radius 3 is 2.28 bits per heavy atom. The second kappa shape index (κ2) is 6.63. The van der Waals surface area contributed by atoms with Gasteiger partial charge in [-0.25, -0.2) is 0 Å². The second-order valence-electron chi connectivity index (χ2n) is 3.36. The molecule has 1 aromatic carbocycles. The van der Waals surface area contributed by atoms with Gasteiger partial charge in [-0.05, 0) is 24.3 Å². The van der Waals surface area contributed by atoms with Crippen LogP contribution in [0.5, 0.6) is 0 Å². The van der Waals surface area contributed by atoms with Gasteiger partial charge in [0, 0.05) is 23.2 Å². The zero-order valence-corrected chi connectivity index (χ0v) is 13.0. The minimum atomic E-state index is -1.75. The first-order valence-electron chi connectivity index (χ1n) is 4.94. The van der Waals surface area contributed by atoms with Crippen LogP contribution in [0.4, 0.5) is 0 Å². The van der Waals surface area contributed by atoms with Gasteiger partial charge in [0.05, 0.1) is 11.0 Å². The largest absolute Gasteiger partial charge is 0.256 e. The van der Waals surface area contributed by atoms with E-state index in [0.717, 1.165) is 21.8 Å². The Labute approximate surface area is 122 Å². The van der Waals surface area contributed by atoms with Crippen molar-refractivity contribution in [2.24, 2.45) is 0 Å². The molecule has 3 rings (SSSR count). The molecule has 0 aliphatic heterocycles. The third-order valence-corrected chi connectivity index (χ3v) is 2.35. The Kier molecular flexibility index (Phi) is 5.14. The normalized spacial score (nSPS) is 10.9. The molecule has 0 aliphatic carbocycles. The first kappa shape index (κ1) is 14.0. The Morgan fingerprint density at radius 2 is 1.50 bits per heavy atom. The Morgan fingerprint density at radius 1 is 0.833 bits per heavy atom. The summed E-state index contributed by atoms with van der Waals surface area (Å²) < 4.78 is 0. The Hall–Kier alpha value is -0.467. The molecule has 0 spiro atoms. The number of nitrogens with zero attached hydrogens (tertiary/aromatic N) is 2. The molecular formula is C12H8Cl3N2Ru. The van der Waals surface area contributed by atoms with E-state index in [1.54, 1.807) is 6.20 Å². The summed E-state index contributed by atoms with van der Waals surface area (Å²) in [5, 5.41) is 2.28. The van der Waals surface area contributed by atoms with E-state index in [-0.39, 0.29) is 0 Å². The van der Waals surface area contributed by atoms with Gasteiger partial charge < -0.3 is 0 Å². The van der Waals surface area contributed by atoms with Crippen LogP contribution in [0, 0.1) is 0 Å². The minimum Gasteiger partial charge on any atom is -0.256 e. The maximum atomic E-state index is 4.95. The molecule has 0 amide bonds. The van der Waals surface area contributed by atoms with Crippen molar-refractivity contribution in [2.75, 3.05) is 0 Å². The molecule has 2 heterocycles. The number of rotatable bonds is 0. The van der Waals surface area contributed by atoms with Gasteiger partial charge in [-0.1, -0.05) is 12.1 Å². The number of benzene rings is 1. The molecule has 0 atom stereocenters. The molecule has 18 heavy (non-hydrogen) atoms. The van der Waals surface area contributed by atoms with Crippen molar-refractivity contribution in [1.29, 1.82) is 0 Å². The summed E-state index contributed by atoms with van der Waals surface area (Å²) in [7, 11) is 14.8. The molecule has 0 saturated heterocycles. The monoisotopic (exact) mass is 387 g/mol. The Balaban J connectivity index is 0.000000267. The third-order valence-electron chi connectivity index (χ3n) is 2.35. The molecule has 0 fully saturated rings. The molecule has 0 unspecified atom stereocenters. The molecule has 2 aromatic heterocycles. The van der Waals surface area contributed by atoms with Gasteiger partial charge in [-0.2, -0.15) is 0 Å². The standard InChI is InChI=1S/C12H8N2.3ClH.Ru/c1-3-9-5-6-11-10(4-2-7-13-11)12(9)14-8-1;;;;/h1-8H;3*1H;/q;;;;+3/p-3. The zero-order valence-electron chi connectivity index (χ0n) is 9.00. The summed E-state index contributed by atoms with van der Waals surface area (Å²) in [6.45, 7) is 0. The fraction of sp³-hybridized carbons (Fsp3) is 0. The van der Waals surface area contributed by atoms with E-state index in [2.05, 4.69) is 28.2 Å². The van der Waals surface area contributed by atoms with E-state index in [1.807, 2.05) is 24.4 Å². The van der Waals surface area contributed by atoms with Gasteiger partial charge in [0.1, 0.15) is 0 Å². The van der Waals surface area contributed by atoms with Crippen molar-refractivity contribution >= 4 is 50.9 Å². The number of hydrogen-bond acceptors (Lipinski definition) is 2. The van der Waals surface area contributed by atoms with Crippen LogP contribution in [0.3, 0.4) is 0 Å². The molecule has 2 nitrogen and oxygen atoms in total. The van der Waals surface area contributed by atoms with Gasteiger partial charge in [-0.15, -0.1) is 0 Å². The predicted molar refractivity (Wildman–Crippen MR) is 74.6 cm³/mol. The smallest absolute Gasteiger partial charge is 0.0795 e. The maximum Gasteiger partial charge on any atom is 0.0795 e. The molecule has 6 heteroatoms. The SMILES string of the molecule is [Cl][Ru]([Cl])[Cl].c1cnc2c(c1)ccc1ncccc12. The first-order chi connectivity index (χ1) is 8.68. The fourth-order valence-corrected chi connectivity index (χ4v) is 1.70. The second-order valence-corrected chi connectivity index (χ2v) is 11.3. The fourth-order valence-electron chi connectivity index (χ4n) is 1.70. The van der Waals surface area contributed by atoms with Crippen molar-refractivity contribution in [2.45, 2.75) is 0 Å². The van der Waals surface area contributed by atoms with Crippen molar-refractivity contribution in [3.63, 3.8) is 0 Å². The van der Waals surface area contributed by atoms with Crippen molar-refractivity contribution in [3.8, 4) is 0 Å². The summed E-state index contributed by atoms with van der Waals surface area (Å²) in [5.74, 6) is 0. The summed E-state index contributed by atoms with van der Waals surface area (Å²) in [4.78, 5) is 8.66. The van der Waals surface area contributed by atoms with E-state index < -0.39 is 13.0 Å².